The van der Waals surface area contributed by atoms with Gasteiger partial charge in [-0.2, -0.15) is 13.2 Å². The molecule has 0 unspecified atom stereocenters. The van der Waals surface area contributed by atoms with Gasteiger partial charge in [0.15, 0.2) is 0 Å². The Balaban J connectivity index is 1.75. The normalized spacial score (nSPS) is 12.1. The summed E-state index contributed by atoms with van der Waals surface area (Å²) < 4.78 is 38.0. The van der Waals surface area contributed by atoms with Gasteiger partial charge in [0, 0.05) is 18.3 Å². The van der Waals surface area contributed by atoms with Crippen LogP contribution in [0.3, 0.4) is 0 Å². The Morgan fingerprint density at radius 1 is 0.913 bits per heavy atom. The quantitative estimate of drug-likeness (QED) is 0.621. The SMILES string of the molecule is FC(F)(F)c1ccnc(CC=Cc2ccc3ccccc3c2)c1. The number of halogens is 3. The zero-order valence-electron chi connectivity index (χ0n) is 12.2. The molecule has 0 aliphatic carbocycles. The van der Waals surface area contributed by atoms with Crippen LogP contribution in [0.5, 0.6) is 0 Å². The molecule has 0 fully saturated rings. The number of alkyl halides is 3. The second-order valence-corrected chi connectivity index (χ2v) is 5.25. The van der Waals surface area contributed by atoms with Crippen molar-refractivity contribution < 1.29 is 13.2 Å². The molecule has 0 amide bonds. The Kier molecular flexibility index (Phi) is 4.15. The maximum Gasteiger partial charge on any atom is 0.416 e. The minimum atomic E-state index is -4.33. The third kappa shape index (κ3) is 3.77. The number of nitrogens with zero attached hydrogens (tertiary/aromatic N) is 1. The molecule has 0 spiro atoms. The average molecular weight is 313 g/mol. The van der Waals surface area contributed by atoms with Crippen molar-refractivity contribution in [2.24, 2.45) is 0 Å². The molecular formula is C19H14F3N. The molecule has 23 heavy (non-hydrogen) atoms. The smallest absolute Gasteiger partial charge is 0.261 e. The van der Waals surface area contributed by atoms with E-state index in [0.29, 0.717) is 12.1 Å². The summed E-state index contributed by atoms with van der Waals surface area (Å²) in [5, 5.41) is 2.29. The standard InChI is InChI=1S/C19H14F3N/c20-19(21,22)17-10-11-23-18(13-17)7-3-4-14-8-9-15-5-1-2-6-16(15)12-14/h1-6,8-13H,7H2. The summed E-state index contributed by atoms with van der Waals surface area (Å²) in [5.41, 5.74) is 0.745. The number of fused-ring (bicyclic) bond motifs is 1. The van der Waals surface area contributed by atoms with Gasteiger partial charge in [0.05, 0.1) is 5.56 Å². The van der Waals surface area contributed by atoms with Gasteiger partial charge in [0.25, 0.3) is 0 Å². The predicted octanol–water partition coefficient (Wildman–Crippen LogP) is 5.51. The molecule has 0 saturated carbocycles. The van der Waals surface area contributed by atoms with Gasteiger partial charge in [-0.25, -0.2) is 0 Å². The zero-order chi connectivity index (χ0) is 16.3. The molecule has 1 heterocycles. The third-order valence-corrected chi connectivity index (χ3v) is 3.55. The lowest BCUT2D eigenvalue weighted by atomic mass is 10.1. The highest BCUT2D eigenvalue weighted by Gasteiger charge is 2.30. The molecule has 116 valence electrons. The second-order valence-electron chi connectivity index (χ2n) is 5.25. The predicted molar refractivity (Wildman–Crippen MR) is 85.9 cm³/mol. The van der Waals surface area contributed by atoms with Crippen molar-refractivity contribution in [2.75, 3.05) is 0 Å². The molecule has 3 rings (SSSR count). The van der Waals surface area contributed by atoms with E-state index >= 15 is 0 Å². The lowest BCUT2D eigenvalue weighted by molar-refractivity contribution is -0.137. The highest BCUT2D eigenvalue weighted by Crippen LogP contribution is 2.29. The molecule has 0 aliphatic heterocycles. The average Bonchev–Trinajstić information content (AvgIpc) is 2.54. The van der Waals surface area contributed by atoms with Crippen molar-refractivity contribution in [3.63, 3.8) is 0 Å². The highest BCUT2D eigenvalue weighted by molar-refractivity contribution is 5.84. The van der Waals surface area contributed by atoms with Crippen LogP contribution in [-0.4, -0.2) is 4.98 Å². The fraction of sp³-hybridized carbons (Fsp3) is 0.105. The Morgan fingerprint density at radius 2 is 1.70 bits per heavy atom. The lowest BCUT2D eigenvalue weighted by Crippen LogP contribution is -2.05. The first-order valence-corrected chi connectivity index (χ1v) is 7.20. The summed E-state index contributed by atoms with van der Waals surface area (Å²) in [6.45, 7) is 0. The maximum absolute atomic E-state index is 12.7. The molecule has 1 aromatic heterocycles. The largest absolute Gasteiger partial charge is 0.416 e. The van der Waals surface area contributed by atoms with Crippen LogP contribution in [0, 0.1) is 0 Å². The molecule has 0 bridgehead atoms. The molecule has 3 aromatic rings. The third-order valence-electron chi connectivity index (χ3n) is 3.55. The second kappa shape index (κ2) is 6.24. The summed E-state index contributed by atoms with van der Waals surface area (Å²) in [6.07, 6.45) is 0.944. The maximum atomic E-state index is 12.7. The van der Waals surface area contributed by atoms with Crippen LogP contribution in [0.4, 0.5) is 13.2 Å². The van der Waals surface area contributed by atoms with Gasteiger partial charge in [0.2, 0.25) is 0 Å². The van der Waals surface area contributed by atoms with E-state index < -0.39 is 11.7 Å². The van der Waals surface area contributed by atoms with Crippen LogP contribution < -0.4 is 0 Å². The Labute approximate surface area is 132 Å². The molecule has 0 saturated heterocycles. The van der Waals surface area contributed by atoms with E-state index in [4.69, 9.17) is 0 Å². The summed E-state index contributed by atoms with van der Waals surface area (Å²) in [4.78, 5) is 3.98. The van der Waals surface area contributed by atoms with E-state index in [2.05, 4.69) is 4.98 Å². The van der Waals surface area contributed by atoms with E-state index in [-0.39, 0.29) is 0 Å². The van der Waals surface area contributed by atoms with E-state index in [1.807, 2.05) is 54.6 Å². The number of hydrogen-bond donors (Lipinski definition) is 0. The number of benzene rings is 2. The topological polar surface area (TPSA) is 12.9 Å². The molecule has 0 N–H and O–H groups in total. The van der Waals surface area contributed by atoms with Crippen LogP contribution in [0.15, 0.2) is 66.9 Å². The molecule has 1 nitrogen and oxygen atoms in total. The van der Waals surface area contributed by atoms with Gasteiger partial charge < -0.3 is 0 Å². The minimum Gasteiger partial charge on any atom is -0.261 e. The zero-order valence-corrected chi connectivity index (χ0v) is 12.2. The first-order valence-electron chi connectivity index (χ1n) is 7.20. The molecule has 0 radical (unpaired) electrons. The van der Waals surface area contributed by atoms with Crippen molar-refractivity contribution in [3.8, 4) is 0 Å². The molecule has 0 aliphatic rings. The Bertz CT molecular complexity index is 850. The summed E-state index contributed by atoms with van der Waals surface area (Å²) in [6, 6.07) is 16.2. The van der Waals surface area contributed by atoms with E-state index in [0.717, 1.165) is 28.5 Å². The number of pyridine rings is 1. The Hall–Kier alpha value is -2.62. The first-order chi connectivity index (χ1) is 11.0. The molecule has 2 aromatic carbocycles. The van der Waals surface area contributed by atoms with Crippen molar-refractivity contribution in [1.82, 2.24) is 4.98 Å². The monoisotopic (exact) mass is 313 g/mol. The Morgan fingerprint density at radius 3 is 2.48 bits per heavy atom. The van der Waals surface area contributed by atoms with Crippen molar-refractivity contribution in [3.05, 3.63) is 83.7 Å². The summed E-state index contributed by atoms with van der Waals surface area (Å²) >= 11 is 0. The van der Waals surface area contributed by atoms with Crippen LogP contribution >= 0.6 is 0 Å². The molecule has 0 atom stereocenters. The minimum absolute atomic E-state index is 0.358. The number of allylic oxidation sites excluding steroid dienone is 1. The van der Waals surface area contributed by atoms with Gasteiger partial charge in [-0.3, -0.25) is 4.98 Å². The summed E-state index contributed by atoms with van der Waals surface area (Å²) in [7, 11) is 0. The van der Waals surface area contributed by atoms with E-state index in [1.54, 1.807) is 0 Å². The van der Waals surface area contributed by atoms with E-state index in [1.165, 1.54) is 6.20 Å². The fourth-order valence-corrected chi connectivity index (χ4v) is 2.39. The van der Waals surface area contributed by atoms with Gasteiger partial charge >= 0.3 is 6.18 Å². The van der Waals surface area contributed by atoms with Crippen LogP contribution in [0.25, 0.3) is 16.8 Å². The number of hydrogen-bond acceptors (Lipinski definition) is 1. The van der Waals surface area contributed by atoms with Crippen molar-refractivity contribution in [1.29, 1.82) is 0 Å². The van der Waals surface area contributed by atoms with Crippen LogP contribution in [-0.2, 0) is 12.6 Å². The number of aromatic nitrogens is 1. The lowest BCUT2D eigenvalue weighted by Gasteiger charge is -2.06. The van der Waals surface area contributed by atoms with Crippen molar-refractivity contribution in [2.45, 2.75) is 12.6 Å². The number of rotatable bonds is 3. The van der Waals surface area contributed by atoms with Gasteiger partial charge in [-0.1, -0.05) is 48.6 Å². The van der Waals surface area contributed by atoms with E-state index in [9.17, 15) is 13.2 Å². The van der Waals surface area contributed by atoms with Crippen LogP contribution in [0.1, 0.15) is 16.8 Å². The van der Waals surface area contributed by atoms with Crippen molar-refractivity contribution >= 4 is 16.8 Å². The van der Waals surface area contributed by atoms with Crippen LogP contribution in [0.2, 0.25) is 0 Å². The van der Waals surface area contributed by atoms with Gasteiger partial charge in [0.1, 0.15) is 0 Å². The van der Waals surface area contributed by atoms with Gasteiger partial charge in [-0.05, 0) is 34.5 Å². The fourth-order valence-electron chi connectivity index (χ4n) is 2.39. The van der Waals surface area contributed by atoms with Gasteiger partial charge in [-0.15, -0.1) is 0 Å². The molecule has 4 heteroatoms. The first kappa shape index (κ1) is 15.3. The highest BCUT2D eigenvalue weighted by atomic mass is 19.4. The summed E-state index contributed by atoms with van der Waals surface area (Å²) in [5.74, 6) is 0. The molecular weight excluding hydrogens is 299 g/mol.